The van der Waals surface area contributed by atoms with E-state index in [1.165, 1.54) is 7.11 Å². The Morgan fingerprint density at radius 3 is 2.63 bits per heavy atom. The van der Waals surface area contributed by atoms with E-state index >= 15 is 0 Å². The monoisotopic (exact) mass is 281 g/mol. The van der Waals surface area contributed by atoms with Gasteiger partial charge in [0.2, 0.25) is 0 Å². The number of benzene rings is 1. The van der Waals surface area contributed by atoms with Crippen LogP contribution in [-0.2, 0) is 15.6 Å². The number of sulfone groups is 1. The summed E-state index contributed by atoms with van der Waals surface area (Å²) in [6.45, 7) is 2.04. The minimum absolute atomic E-state index is 0.0185. The predicted octanol–water partition coefficient (Wildman–Crippen LogP) is 2.67. The fourth-order valence-electron chi connectivity index (χ4n) is 1.83. The molecule has 0 N–H and O–H groups in total. The van der Waals surface area contributed by atoms with Gasteiger partial charge in [-0.15, -0.1) is 0 Å². The van der Waals surface area contributed by atoms with Crippen LogP contribution in [0, 0.1) is 11.3 Å². The van der Waals surface area contributed by atoms with Crippen molar-refractivity contribution in [2.75, 3.05) is 12.9 Å². The lowest BCUT2D eigenvalue weighted by atomic mass is 10.1. The normalized spacial score (nSPS) is 11.0. The maximum Gasteiger partial charge on any atom is 0.154 e. The molecular weight excluding hydrogens is 262 g/mol. The van der Waals surface area contributed by atoms with E-state index in [0.29, 0.717) is 23.3 Å². The van der Waals surface area contributed by atoms with Gasteiger partial charge in [-0.1, -0.05) is 25.8 Å². The molecule has 0 aliphatic rings. The number of unbranched alkanes of at least 4 members (excludes halogenated alkanes) is 2. The molecule has 0 amide bonds. The Hall–Kier alpha value is -1.54. The summed E-state index contributed by atoms with van der Waals surface area (Å²) in [5.41, 5.74) is 0.998. The fourth-order valence-corrected chi connectivity index (χ4v) is 3.31. The first kappa shape index (κ1) is 15.5. The molecular formula is C14H19NO3S. The summed E-state index contributed by atoms with van der Waals surface area (Å²) in [5.74, 6) is 0.652. The zero-order chi connectivity index (χ0) is 14.3. The van der Waals surface area contributed by atoms with Gasteiger partial charge >= 0.3 is 0 Å². The third-order valence-corrected chi connectivity index (χ3v) is 4.51. The average molecular weight is 281 g/mol. The second kappa shape index (κ2) is 7.15. The van der Waals surface area contributed by atoms with Gasteiger partial charge in [-0.3, -0.25) is 0 Å². The standard InChI is InChI=1S/C14H19NO3S/c1-3-4-5-8-19(16,17)11-12-6-7-14(18-2)13(9-12)10-15/h6-7,9H,3-5,8,11H2,1-2H3. The molecule has 0 heterocycles. The molecule has 0 fully saturated rings. The molecule has 0 saturated carbocycles. The number of rotatable bonds is 7. The molecule has 19 heavy (non-hydrogen) atoms. The molecule has 5 heteroatoms. The number of ether oxygens (including phenoxy) is 1. The van der Waals surface area contributed by atoms with Crippen molar-refractivity contribution in [1.82, 2.24) is 0 Å². The number of hydrogen-bond donors (Lipinski definition) is 0. The molecule has 0 aliphatic heterocycles. The fraction of sp³-hybridized carbons (Fsp3) is 0.500. The zero-order valence-corrected chi connectivity index (χ0v) is 12.2. The Kier molecular flexibility index (Phi) is 5.84. The van der Waals surface area contributed by atoms with E-state index in [9.17, 15) is 8.42 Å². The minimum Gasteiger partial charge on any atom is -0.495 e. The number of hydrogen-bond acceptors (Lipinski definition) is 4. The predicted molar refractivity (Wildman–Crippen MR) is 74.7 cm³/mol. The topological polar surface area (TPSA) is 67.2 Å². The van der Waals surface area contributed by atoms with Crippen molar-refractivity contribution in [3.05, 3.63) is 29.3 Å². The Morgan fingerprint density at radius 2 is 2.05 bits per heavy atom. The summed E-state index contributed by atoms with van der Waals surface area (Å²) in [4.78, 5) is 0. The van der Waals surface area contributed by atoms with Crippen LogP contribution in [0.1, 0.15) is 37.3 Å². The molecule has 0 saturated heterocycles. The summed E-state index contributed by atoms with van der Waals surface area (Å²) in [5, 5.41) is 8.97. The summed E-state index contributed by atoms with van der Waals surface area (Å²) in [7, 11) is -1.62. The van der Waals surface area contributed by atoms with Crippen LogP contribution in [0.5, 0.6) is 5.75 Å². The number of nitrogens with zero attached hydrogens (tertiary/aromatic N) is 1. The molecule has 0 unspecified atom stereocenters. The summed E-state index contributed by atoms with van der Waals surface area (Å²) in [6.07, 6.45) is 2.61. The van der Waals surface area contributed by atoms with Crippen LogP contribution in [0.25, 0.3) is 0 Å². The second-order valence-electron chi connectivity index (χ2n) is 4.45. The molecule has 0 radical (unpaired) electrons. The minimum atomic E-state index is -3.10. The highest BCUT2D eigenvalue weighted by atomic mass is 32.2. The van der Waals surface area contributed by atoms with Crippen LogP contribution in [0.2, 0.25) is 0 Å². The van der Waals surface area contributed by atoms with Crippen LogP contribution in [-0.4, -0.2) is 21.3 Å². The van der Waals surface area contributed by atoms with E-state index in [0.717, 1.165) is 12.8 Å². The highest BCUT2D eigenvalue weighted by Gasteiger charge is 2.13. The van der Waals surface area contributed by atoms with E-state index in [-0.39, 0.29) is 11.5 Å². The SMILES string of the molecule is CCCCCS(=O)(=O)Cc1ccc(OC)c(C#N)c1. The lowest BCUT2D eigenvalue weighted by molar-refractivity contribution is 0.413. The van der Waals surface area contributed by atoms with Gasteiger partial charge < -0.3 is 4.74 Å². The highest BCUT2D eigenvalue weighted by molar-refractivity contribution is 7.90. The van der Waals surface area contributed by atoms with Crippen molar-refractivity contribution < 1.29 is 13.2 Å². The van der Waals surface area contributed by atoms with E-state index < -0.39 is 9.84 Å². The van der Waals surface area contributed by atoms with Gasteiger partial charge in [-0.25, -0.2) is 8.42 Å². The van der Waals surface area contributed by atoms with E-state index in [1.807, 2.05) is 13.0 Å². The van der Waals surface area contributed by atoms with Gasteiger partial charge in [0.05, 0.1) is 24.2 Å². The maximum absolute atomic E-state index is 11.9. The van der Waals surface area contributed by atoms with Crippen LogP contribution in [0.4, 0.5) is 0 Å². The molecule has 0 bridgehead atoms. The molecule has 104 valence electrons. The Balaban J connectivity index is 2.80. The first-order chi connectivity index (χ1) is 9.02. The molecule has 0 spiro atoms. The molecule has 1 rings (SSSR count). The molecule has 4 nitrogen and oxygen atoms in total. The van der Waals surface area contributed by atoms with Gasteiger partial charge in [0.15, 0.2) is 9.84 Å². The van der Waals surface area contributed by atoms with Crippen molar-refractivity contribution in [2.24, 2.45) is 0 Å². The van der Waals surface area contributed by atoms with E-state index in [2.05, 4.69) is 0 Å². The highest BCUT2D eigenvalue weighted by Crippen LogP contribution is 2.20. The molecule has 0 aliphatic carbocycles. The first-order valence-electron chi connectivity index (χ1n) is 6.30. The van der Waals surface area contributed by atoms with Crippen LogP contribution in [0.15, 0.2) is 18.2 Å². The summed E-state index contributed by atoms with van der Waals surface area (Å²) < 4.78 is 28.9. The van der Waals surface area contributed by atoms with Gasteiger partial charge in [0.1, 0.15) is 11.8 Å². The average Bonchev–Trinajstić information content (AvgIpc) is 2.38. The van der Waals surface area contributed by atoms with Gasteiger partial charge in [-0.05, 0) is 24.1 Å². The lowest BCUT2D eigenvalue weighted by Crippen LogP contribution is -2.09. The second-order valence-corrected chi connectivity index (χ2v) is 6.63. The van der Waals surface area contributed by atoms with Crippen molar-refractivity contribution in [3.8, 4) is 11.8 Å². The first-order valence-corrected chi connectivity index (χ1v) is 8.12. The van der Waals surface area contributed by atoms with E-state index in [1.54, 1.807) is 18.2 Å². The van der Waals surface area contributed by atoms with Crippen molar-refractivity contribution in [1.29, 1.82) is 5.26 Å². The largest absolute Gasteiger partial charge is 0.495 e. The molecule has 1 aromatic carbocycles. The molecule has 1 aromatic rings. The third kappa shape index (κ3) is 4.92. The zero-order valence-electron chi connectivity index (χ0n) is 11.3. The van der Waals surface area contributed by atoms with Crippen LogP contribution < -0.4 is 4.74 Å². The van der Waals surface area contributed by atoms with Crippen molar-refractivity contribution in [2.45, 2.75) is 31.9 Å². The number of methoxy groups -OCH3 is 1. The van der Waals surface area contributed by atoms with Crippen LogP contribution in [0.3, 0.4) is 0 Å². The summed E-state index contributed by atoms with van der Waals surface area (Å²) >= 11 is 0. The molecule has 0 aromatic heterocycles. The number of nitriles is 1. The lowest BCUT2D eigenvalue weighted by Gasteiger charge is -2.07. The smallest absolute Gasteiger partial charge is 0.154 e. The van der Waals surface area contributed by atoms with Gasteiger partial charge in [-0.2, -0.15) is 5.26 Å². The quantitative estimate of drug-likeness (QED) is 0.721. The Morgan fingerprint density at radius 1 is 1.32 bits per heavy atom. The maximum atomic E-state index is 11.9. The van der Waals surface area contributed by atoms with E-state index in [4.69, 9.17) is 10.00 Å². The Bertz CT molecular complexity index is 559. The van der Waals surface area contributed by atoms with Crippen molar-refractivity contribution in [3.63, 3.8) is 0 Å². The third-order valence-electron chi connectivity index (χ3n) is 2.83. The van der Waals surface area contributed by atoms with Crippen molar-refractivity contribution >= 4 is 9.84 Å². The summed E-state index contributed by atoms with van der Waals surface area (Å²) in [6, 6.07) is 6.91. The van der Waals surface area contributed by atoms with Gasteiger partial charge in [0, 0.05) is 0 Å². The Labute approximate surface area is 114 Å². The molecule has 0 atom stereocenters. The van der Waals surface area contributed by atoms with Gasteiger partial charge in [0.25, 0.3) is 0 Å². The van der Waals surface area contributed by atoms with Crippen LogP contribution >= 0.6 is 0 Å².